The molecule has 0 amide bonds. The Kier molecular flexibility index (Phi) is 24.3. The first kappa shape index (κ1) is 63.1. The third kappa shape index (κ3) is 16.3. The molecule has 8 rings (SSSR count). The van der Waals surface area contributed by atoms with Crippen LogP contribution in [0.2, 0.25) is 10.0 Å². The van der Waals surface area contributed by atoms with Gasteiger partial charge in [-0.3, -0.25) is 4.99 Å². The quantitative estimate of drug-likeness (QED) is 0.136. The van der Waals surface area contributed by atoms with Crippen molar-refractivity contribution in [2.75, 3.05) is 42.4 Å². The van der Waals surface area contributed by atoms with Crippen LogP contribution in [-0.2, 0) is 19.0 Å². The van der Waals surface area contributed by atoms with Crippen molar-refractivity contribution in [3.8, 4) is 0 Å². The van der Waals surface area contributed by atoms with Crippen LogP contribution in [-0.4, -0.2) is 139 Å². The van der Waals surface area contributed by atoms with Gasteiger partial charge in [-0.05, 0) is 170 Å². The molecule has 14 nitrogen and oxygen atoms in total. The van der Waals surface area contributed by atoms with Crippen molar-refractivity contribution >= 4 is 54.2 Å². The molecule has 78 heavy (non-hydrogen) atoms. The Bertz CT molecular complexity index is 2210. The van der Waals surface area contributed by atoms with E-state index in [-0.39, 0.29) is 12.1 Å². The molecule has 4 aliphatic carbocycles. The predicted octanol–water partition coefficient (Wildman–Crippen LogP) is 14.8. The number of halogens is 2. The summed E-state index contributed by atoms with van der Waals surface area (Å²) in [5, 5.41) is 19.6. The second kappa shape index (κ2) is 30.1. The van der Waals surface area contributed by atoms with E-state index in [1.165, 1.54) is 108 Å². The first-order valence-electron chi connectivity index (χ1n) is 29.6. The van der Waals surface area contributed by atoms with E-state index < -0.39 is 29.5 Å². The van der Waals surface area contributed by atoms with Gasteiger partial charge in [-0.1, -0.05) is 132 Å². The van der Waals surface area contributed by atoms with Crippen LogP contribution in [0.3, 0.4) is 0 Å². The van der Waals surface area contributed by atoms with E-state index >= 15 is 0 Å². The Labute approximate surface area is 478 Å². The topological polar surface area (TPSA) is 157 Å². The lowest BCUT2D eigenvalue weighted by molar-refractivity contribution is -0.146. The van der Waals surface area contributed by atoms with E-state index in [0.717, 1.165) is 62.1 Å². The van der Waals surface area contributed by atoms with Crippen LogP contribution in [0.1, 0.15) is 192 Å². The molecule has 6 unspecified atom stereocenters. The van der Waals surface area contributed by atoms with E-state index in [0.29, 0.717) is 66.6 Å². The highest BCUT2D eigenvalue weighted by Crippen LogP contribution is 2.49. The zero-order valence-corrected chi connectivity index (χ0v) is 50.2. The zero-order chi connectivity index (χ0) is 56.6. The zero-order valence-electron chi connectivity index (χ0n) is 48.7. The third-order valence-corrected chi connectivity index (χ3v) is 18.7. The lowest BCUT2D eigenvalue weighted by atomic mass is 9.68. The number of methoxy groups -OCH3 is 2. The summed E-state index contributed by atoms with van der Waals surface area (Å²) in [4.78, 5) is 53.9. The maximum absolute atomic E-state index is 12.8. The van der Waals surface area contributed by atoms with Crippen LogP contribution in [0, 0.1) is 29.6 Å². The van der Waals surface area contributed by atoms with E-state index in [2.05, 4.69) is 97.6 Å². The summed E-state index contributed by atoms with van der Waals surface area (Å²) < 4.78 is 14.7. The van der Waals surface area contributed by atoms with Gasteiger partial charge in [0.05, 0.1) is 39.0 Å². The summed E-state index contributed by atoms with van der Waals surface area (Å²) in [6.45, 7) is 6.51. The second-order valence-electron chi connectivity index (χ2n) is 24.3. The Hall–Kier alpha value is -4.11. The number of carboxylic acid groups (broad SMARTS) is 2. The number of ether oxygens (including phenoxy) is 3. The normalized spacial score (nSPS) is 28.4. The van der Waals surface area contributed by atoms with Crippen LogP contribution >= 0.6 is 23.2 Å². The summed E-state index contributed by atoms with van der Waals surface area (Å²) in [5.41, 5.74) is 0.810. The highest BCUT2D eigenvalue weighted by atomic mass is 35.5. The first-order chi connectivity index (χ1) is 37.4. The molecule has 0 saturated heterocycles. The maximum Gasteiger partial charge on any atom is 0.510 e. The fraction of sp³-hybridized carbons (Fsp3) is 0.726. The summed E-state index contributed by atoms with van der Waals surface area (Å²) in [6.07, 6.45) is 27.9. The molecule has 0 spiro atoms. The molecule has 0 aromatic heterocycles. The van der Waals surface area contributed by atoms with Crippen LogP contribution in [0.5, 0.6) is 0 Å². The van der Waals surface area contributed by atoms with Crippen molar-refractivity contribution < 1.29 is 38.8 Å². The molecule has 0 bridgehead atoms. The molecule has 6 aliphatic rings. The van der Waals surface area contributed by atoms with E-state index in [1.807, 2.05) is 36.9 Å². The lowest BCUT2D eigenvalue weighted by Gasteiger charge is -2.47. The number of aliphatic carboxylic acids is 1. The number of nitrogens with zero attached hydrogens (tertiary/aromatic N) is 6. The molecule has 2 aromatic carbocycles. The number of hydrogen-bond donors (Lipinski definition) is 2. The fourth-order valence-electron chi connectivity index (χ4n) is 14.7. The summed E-state index contributed by atoms with van der Waals surface area (Å²) in [5.74, 6) is 1.76. The fourth-order valence-corrected chi connectivity index (χ4v) is 14.9. The molecule has 2 heterocycles. The van der Waals surface area contributed by atoms with Gasteiger partial charge in [0.15, 0.2) is 5.54 Å². The average molecular weight is 1120 g/mol. The Morgan fingerprint density at radius 3 is 1.55 bits per heavy atom. The maximum atomic E-state index is 12.8. The van der Waals surface area contributed by atoms with Gasteiger partial charge >= 0.3 is 18.3 Å². The van der Waals surface area contributed by atoms with Crippen LogP contribution < -0.4 is 0 Å². The average Bonchev–Trinajstić information content (AvgIpc) is 4.02. The highest BCUT2D eigenvalue weighted by molar-refractivity contribution is 6.30. The monoisotopic (exact) mass is 1120 g/mol. The molecule has 436 valence electrons. The molecule has 4 saturated carbocycles. The van der Waals surface area contributed by atoms with Crippen LogP contribution in [0.25, 0.3) is 0 Å². The van der Waals surface area contributed by atoms with Gasteiger partial charge in [-0.2, -0.15) is 0 Å². The summed E-state index contributed by atoms with van der Waals surface area (Å²) in [6, 6.07) is 18.4. The van der Waals surface area contributed by atoms with Gasteiger partial charge < -0.3 is 44.0 Å². The molecule has 16 heteroatoms. The van der Waals surface area contributed by atoms with E-state index in [4.69, 9.17) is 52.6 Å². The van der Waals surface area contributed by atoms with Crippen LogP contribution in [0.15, 0.2) is 58.5 Å². The van der Waals surface area contributed by atoms with Crippen molar-refractivity contribution in [3.63, 3.8) is 0 Å². The van der Waals surface area contributed by atoms with E-state index in [1.54, 1.807) is 0 Å². The van der Waals surface area contributed by atoms with Gasteiger partial charge in [0.2, 0.25) is 5.72 Å². The van der Waals surface area contributed by atoms with Gasteiger partial charge in [-0.15, -0.1) is 0 Å². The van der Waals surface area contributed by atoms with Crippen molar-refractivity contribution in [2.24, 2.45) is 39.6 Å². The SMILES string of the molecule is CCCCC1(C(=O)O)N=CN(C2CCCCC2)C1C1CCC(C(c2ccc(Cl)cc2)N(C)C)CC1.COC(=O)O.COC(=O)OC1(CC(C)C)N=CN(C2CCCCC2)C1CC1CCC(C(c2ccc(Cl)cc2)N(C)C)CC1. The number of aliphatic imine (C=N–C) groups is 2. The number of benzene rings is 2. The smallest absolute Gasteiger partial charge is 0.479 e. The molecule has 2 N–H and O–H groups in total. The van der Waals surface area contributed by atoms with Crippen molar-refractivity contribution in [2.45, 2.75) is 216 Å². The Morgan fingerprint density at radius 1 is 0.667 bits per heavy atom. The highest BCUT2D eigenvalue weighted by Gasteiger charge is 2.56. The Morgan fingerprint density at radius 2 is 1.13 bits per heavy atom. The molecular formula is C62H96Cl2N6O8. The predicted molar refractivity (Wildman–Crippen MR) is 314 cm³/mol. The molecule has 0 radical (unpaired) electrons. The van der Waals surface area contributed by atoms with Gasteiger partial charge in [0.1, 0.15) is 0 Å². The molecular weight excluding hydrogens is 1030 g/mol. The van der Waals surface area contributed by atoms with Gasteiger partial charge in [-0.25, -0.2) is 19.4 Å². The standard InChI is InChI=1S/C31H48ClN3O3.C29H44ClN3O2.C2H4O3/c1-22(2)20-31(38-30(36)37-5)28(35(21-33-31)27-9-7-6-8-10-27)19-23-11-13-24(14-12-23)29(34(3)4)25-15-17-26(32)18-16-25;1-4-5-19-29(28(34)35)27(33(20-31-29)25-9-7-6-8-10-25)23-13-11-21(12-14-23)26(32(2)3)22-15-17-24(30)18-16-22;1-5-2(3)4/h15-18,21-24,27-29H,6-14,19-20H2,1-5H3;15-18,20-21,23,25-27H,4-14,19H2,1-3H3,(H,34,35);1H3,(H,3,4). The van der Waals surface area contributed by atoms with E-state index in [9.17, 15) is 14.7 Å². The van der Waals surface area contributed by atoms with Crippen molar-refractivity contribution in [3.05, 3.63) is 69.7 Å². The minimum absolute atomic E-state index is 0.0102. The number of hydrogen-bond acceptors (Lipinski definition) is 12. The minimum Gasteiger partial charge on any atom is -0.479 e. The summed E-state index contributed by atoms with van der Waals surface area (Å²) in [7, 11) is 11.2. The third-order valence-electron chi connectivity index (χ3n) is 18.2. The summed E-state index contributed by atoms with van der Waals surface area (Å²) >= 11 is 12.3. The molecule has 6 atom stereocenters. The minimum atomic E-state index is -1.25. The lowest BCUT2D eigenvalue weighted by Crippen LogP contribution is -2.58. The first-order valence-corrected chi connectivity index (χ1v) is 30.4. The number of rotatable bonds is 18. The number of carboxylic acids is 1. The molecule has 2 aliphatic heterocycles. The number of unbranched alkanes of at least 4 members (excludes halogenated alkanes) is 1. The number of carbonyl (C=O) groups excluding carboxylic acids is 1. The second-order valence-corrected chi connectivity index (χ2v) is 25.2. The van der Waals surface area contributed by atoms with Crippen LogP contribution in [0.4, 0.5) is 9.59 Å². The van der Waals surface area contributed by atoms with Crippen molar-refractivity contribution in [1.29, 1.82) is 0 Å². The molecule has 4 fully saturated rings. The number of carbonyl (C=O) groups is 3. The largest absolute Gasteiger partial charge is 0.510 e. The Balaban J connectivity index is 0.000000233. The van der Waals surface area contributed by atoms with Gasteiger partial charge in [0, 0.05) is 40.6 Å². The van der Waals surface area contributed by atoms with Gasteiger partial charge in [0.25, 0.3) is 0 Å². The van der Waals surface area contributed by atoms with Crippen molar-refractivity contribution in [1.82, 2.24) is 19.6 Å². The molecule has 2 aromatic rings.